The third-order valence-corrected chi connectivity index (χ3v) is 6.19. The highest BCUT2D eigenvalue weighted by Crippen LogP contribution is 2.32. The Morgan fingerprint density at radius 2 is 1.87 bits per heavy atom. The molecule has 1 amide bonds. The molecule has 31 heavy (non-hydrogen) atoms. The van der Waals surface area contributed by atoms with Gasteiger partial charge in [0.2, 0.25) is 0 Å². The number of anilines is 2. The average Bonchev–Trinajstić information content (AvgIpc) is 3.16. The van der Waals surface area contributed by atoms with E-state index in [0.29, 0.717) is 27.6 Å². The van der Waals surface area contributed by atoms with Gasteiger partial charge in [-0.2, -0.15) is 0 Å². The van der Waals surface area contributed by atoms with E-state index in [1.165, 1.54) is 5.69 Å². The van der Waals surface area contributed by atoms with E-state index in [9.17, 15) is 4.79 Å². The lowest BCUT2D eigenvalue weighted by Crippen LogP contribution is -2.46. The molecule has 1 N–H and O–H groups in total. The van der Waals surface area contributed by atoms with Gasteiger partial charge in [-0.05, 0) is 50.2 Å². The van der Waals surface area contributed by atoms with E-state index in [4.69, 9.17) is 16.1 Å². The Balaban J connectivity index is 1.54. The molecule has 0 unspecified atom stereocenters. The van der Waals surface area contributed by atoms with Crippen LogP contribution < -0.4 is 10.2 Å². The van der Waals surface area contributed by atoms with Gasteiger partial charge < -0.3 is 19.6 Å². The van der Waals surface area contributed by atoms with E-state index in [-0.39, 0.29) is 5.91 Å². The number of rotatable bonds is 5. The van der Waals surface area contributed by atoms with E-state index in [1.807, 2.05) is 31.2 Å². The number of carbonyl (C=O) groups excluding carboxylic acids is 1. The Morgan fingerprint density at radius 1 is 1.13 bits per heavy atom. The molecule has 2 aromatic carbocycles. The molecule has 1 fully saturated rings. The standard InChI is InChI=1S/C24H27ClN4O2/c1-4-28-11-13-29(14-12-28)18-9-10-21(16(2)15-18)26-24(30)22-17(3)31-27-23(22)19-7-5-6-8-20(19)25/h5-10,15H,4,11-14H2,1-3H3,(H,26,30). The minimum atomic E-state index is -0.263. The highest BCUT2D eigenvalue weighted by Gasteiger charge is 2.24. The number of aryl methyl sites for hydroxylation is 2. The predicted molar refractivity (Wildman–Crippen MR) is 125 cm³/mol. The van der Waals surface area contributed by atoms with Crippen LogP contribution in [0.25, 0.3) is 11.3 Å². The van der Waals surface area contributed by atoms with Crippen molar-refractivity contribution in [2.75, 3.05) is 42.9 Å². The van der Waals surface area contributed by atoms with E-state index in [2.05, 4.69) is 39.3 Å². The van der Waals surface area contributed by atoms with Gasteiger partial charge >= 0.3 is 0 Å². The summed E-state index contributed by atoms with van der Waals surface area (Å²) < 4.78 is 5.33. The third-order valence-electron chi connectivity index (χ3n) is 5.86. The van der Waals surface area contributed by atoms with Crippen LogP contribution in [0.15, 0.2) is 47.0 Å². The second kappa shape index (κ2) is 9.12. The fourth-order valence-electron chi connectivity index (χ4n) is 3.97. The van der Waals surface area contributed by atoms with Crippen molar-refractivity contribution < 1.29 is 9.32 Å². The van der Waals surface area contributed by atoms with Gasteiger partial charge in [0, 0.05) is 43.1 Å². The van der Waals surface area contributed by atoms with Crippen LogP contribution in [0.2, 0.25) is 5.02 Å². The van der Waals surface area contributed by atoms with Crippen molar-refractivity contribution in [1.82, 2.24) is 10.1 Å². The number of aromatic nitrogens is 1. The van der Waals surface area contributed by atoms with Crippen LogP contribution in [0.3, 0.4) is 0 Å². The lowest BCUT2D eigenvalue weighted by Gasteiger charge is -2.35. The number of nitrogens with zero attached hydrogens (tertiary/aromatic N) is 3. The van der Waals surface area contributed by atoms with Gasteiger partial charge in [-0.3, -0.25) is 4.79 Å². The number of nitrogens with one attached hydrogen (secondary N) is 1. The van der Waals surface area contributed by atoms with Crippen LogP contribution in [0.5, 0.6) is 0 Å². The van der Waals surface area contributed by atoms with Gasteiger partial charge in [-0.15, -0.1) is 0 Å². The Hall–Kier alpha value is -2.83. The first kappa shape index (κ1) is 21.4. The molecular weight excluding hydrogens is 412 g/mol. The molecule has 1 aliphatic rings. The Labute approximate surface area is 187 Å². The lowest BCUT2D eigenvalue weighted by molar-refractivity contribution is 0.102. The molecule has 4 rings (SSSR count). The van der Waals surface area contributed by atoms with Gasteiger partial charge in [-0.1, -0.05) is 41.9 Å². The predicted octanol–water partition coefficient (Wildman–Crippen LogP) is 5.01. The van der Waals surface area contributed by atoms with Gasteiger partial charge in [0.25, 0.3) is 5.91 Å². The van der Waals surface area contributed by atoms with Crippen LogP contribution in [-0.4, -0.2) is 48.7 Å². The highest BCUT2D eigenvalue weighted by molar-refractivity contribution is 6.33. The largest absolute Gasteiger partial charge is 0.369 e. The normalized spacial score (nSPS) is 14.6. The molecule has 6 nitrogen and oxygen atoms in total. The molecule has 1 aliphatic heterocycles. The highest BCUT2D eigenvalue weighted by atomic mass is 35.5. The third kappa shape index (κ3) is 4.45. The number of carbonyl (C=O) groups is 1. The minimum Gasteiger partial charge on any atom is -0.369 e. The molecule has 7 heteroatoms. The monoisotopic (exact) mass is 438 g/mol. The van der Waals surface area contributed by atoms with E-state index >= 15 is 0 Å². The summed E-state index contributed by atoms with van der Waals surface area (Å²) in [4.78, 5) is 18.0. The molecule has 0 aliphatic carbocycles. The van der Waals surface area contributed by atoms with Crippen molar-refractivity contribution in [3.8, 4) is 11.3 Å². The van der Waals surface area contributed by atoms with Crippen molar-refractivity contribution in [2.45, 2.75) is 20.8 Å². The summed E-state index contributed by atoms with van der Waals surface area (Å²) >= 11 is 6.32. The van der Waals surface area contributed by atoms with Gasteiger partial charge in [0.1, 0.15) is 17.0 Å². The Morgan fingerprint density at radius 3 is 2.55 bits per heavy atom. The number of halogens is 1. The summed E-state index contributed by atoms with van der Waals surface area (Å²) in [5.41, 5.74) is 4.48. The van der Waals surface area contributed by atoms with Crippen molar-refractivity contribution in [3.63, 3.8) is 0 Å². The second-order valence-electron chi connectivity index (χ2n) is 7.82. The van der Waals surface area contributed by atoms with Crippen molar-refractivity contribution in [1.29, 1.82) is 0 Å². The number of likely N-dealkylation sites (N-methyl/N-ethyl adjacent to an activating group) is 1. The SMILES string of the molecule is CCN1CCN(c2ccc(NC(=O)c3c(-c4ccccc4Cl)noc3C)c(C)c2)CC1. The lowest BCUT2D eigenvalue weighted by atomic mass is 10.0. The van der Waals surface area contributed by atoms with E-state index in [0.717, 1.165) is 44.0 Å². The maximum atomic E-state index is 13.1. The van der Waals surface area contributed by atoms with Crippen LogP contribution in [-0.2, 0) is 0 Å². The summed E-state index contributed by atoms with van der Waals surface area (Å²) in [6.07, 6.45) is 0. The van der Waals surface area contributed by atoms with Crippen LogP contribution in [0.1, 0.15) is 28.6 Å². The van der Waals surface area contributed by atoms with Gasteiger partial charge in [-0.25, -0.2) is 0 Å². The van der Waals surface area contributed by atoms with Crippen molar-refractivity contribution in [3.05, 3.63) is 64.4 Å². The maximum absolute atomic E-state index is 13.1. The molecule has 1 saturated heterocycles. The van der Waals surface area contributed by atoms with Crippen molar-refractivity contribution in [2.24, 2.45) is 0 Å². The number of benzene rings is 2. The Kier molecular flexibility index (Phi) is 6.30. The summed E-state index contributed by atoms with van der Waals surface area (Å²) in [6.45, 7) is 11.2. The fraction of sp³-hybridized carbons (Fsp3) is 0.333. The zero-order valence-electron chi connectivity index (χ0n) is 18.1. The van der Waals surface area contributed by atoms with Crippen LogP contribution in [0, 0.1) is 13.8 Å². The average molecular weight is 439 g/mol. The molecule has 3 aromatic rings. The molecule has 0 bridgehead atoms. The number of hydrogen-bond acceptors (Lipinski definition) is 5. The van der Waals surface area contributed by atoms with E-state index in [1.54, 1.807) is 13.0 Å². The second-order valence-corrected chi connectivity index (χ2v) is 8.22. The summed E-state index contributed by atoms with van der Waals surface area (Å²) in [5, 5.41) is 7.63. The first-order valence-electron chi connectivity index (χ1n) is 10.6. The Bertz CT molecular complexity index is 1090. The van der Waals surface area contributed by atoms with Crippen LogP contribution in [0.4, 0.5) is 11.4 Å². The topological polar surface area (TPSA) is 61.6 Å². The molecule has 162 valence electrons. The van der Waals surface area contributed by atoms with E-state index < -0.39 is 0 Å². The van der Waals surface area contributed by atoms with Gasteiger partial charge in [0.15, 0.2) is 0 Å². The number of hydrogen-bond donors (Lipinski definition) is 1. The summed E-state index contributed by atoms with van der Waals surface area (Å²) in [6, 6.07) is 13.5. The summed E-state index contributed by atoms with van der Waals surface area (Å²) in [7, 11) is 0. The zero-order chi connectivity index (χ0) is 22.0. The van der Waals surface area contributed by atoms with Gasteiger partial charge in [0.05, 0.1) is 5.02 Å². The number of amides is 1. The fourth-order valence-corrected chi connectivity index (χ4v) is 4.19. The molecule has 0 saturated carbocycles. The quantitative estimate of drug-likeness (QED) is 0.607. The number of piperazine rings is 1. The molecular formula is C24H27ClN4O2. The van der Waals surface area contributed by atoms with Crippen LogP contribution >= 0.6 is 11.6 Å². The smallest absolute Gasteiger partial charge is 0.261 e. The molecule has 0 radical (unpaired) electrons. The molecule has 0 atom stereocenters. The first-order chi connectivity index (χ1) is 15.0. The molecule has 1 aromatic heterocycles. The van der Waals surface area contributed by atoms with Crippen molar-refractivity contribution >= 4 is 28.9 Å². The maximum Gasteiger partial charge on any atom is 0.261 e. The molecule has 0 spiro atoms. The first-order valence-corrected chi connectivity index (χ1v) is 11.0. The summed E-state index contributed by atoms with van der Waals surface area (Å²) in [5.74, 6) is 0.191. The molecule has 2 heterocycles. The minimum absolute atomic E-state index is 0.263. The zero-order valence-corrected chi connectivity index (χ0v) is 18.9.